The quantitative estimate of drug-likeness (QED) is 0.695. The van der Waals surface area contributed by atoms with Crippen molar-refractivity contribution in [1.82, 2.24) is 15.2 Å². The summed E-state index contributed by atoms with van der Waals surface area (Å²) in [5, 5.41) is 6.32. The molecule has 0 radical (unpaired) electrons. The summed E-state index contributed by atoms with van der Waals surface area (Å²) in [5.74, 6) is 0.629. The molecule has 0 aromatic carbocycles. The van der Waals surface area contributed by atoms with E-state index in [2.05, 4.69) is 22.5 Å². The summed E-state index contributed by atoms with van der Waals surface area (Å²) in [4.78, 5) is 30.0. The molecule has 2 amide bonds. The Hall–Kier alpha value is -2.31. The van der Waals surface area contributed by atoms with Crippen molar-refractivity contribution in [1.29, 1.82) is 0 Å². The standard InChI is InChI=1S/C19H30N4O3/c1-3-5-6-10-21-18(24)15-7-11-20-17(14-15)22-16-8-12-23(13-9-16)19(25)26-4-2/h7,11,14,16H,3-6,8-10,12-13H2,1-2H3,(H,20,22)(H,21,24). The Morgan fingerprint density at radius 2 is 2.04 bits per heavy atom. The van der Waals surface area contributed by atoms with Crippen LogP contribution in [0.2, 0.25) is 0 Å². The van der Waals surface area contributed by atoms with Crippen molar-refractivity contribution in [3.8, 4) is 0 Å². The number of carbonyl (C=O) groups excluding carboxylic acids is 2. The van der Waals surface area contributed by atoms with Gasteiger partial charge in [0.05, 0.1) is 6.61 Å². The molecule has 2 N–H and O–H groups in total. The van der Waals surface area contributed by atoms with Gasteiger partial charge in [-0.25, -0.2) is 9.78 Å². The number of rotatable bonds is 8. The maximum absolute atomic E-state index is 12.2. The molecule has 0 aliphatic carbocycles. The Morgan fingerprint density at radius 1 is 1.27 bits per heavy atom. The zero-order valence-electron chi connectivity index (χ0n) is 15.8. The van der Waals surface area contributed by atoms with Gasteiger partial charge < -0.3 is 20.3 Å². The molecule has 7 nitrogen and oxygen atoms in total. The van der Waals surface area contributed by atoms with Gasteiger partial charge in [-0.1, -0.05) is 19.8 Å². The molecule has 2 heterocycles. The van der Waals surface area contributed by atoms with E-state index in [0.29, 0.717) is 37.6 Å². The fraction of sp³-hybridized carbons (Fsp3) is 0.632. The first-order valence-corrected chi connectivity index (χ1v) is 9.56. The normalized spacial score (nSPS) is 14.8. The van der Waals surface area contributed by atoms with Crippen molar-refractivity contribution in [2.24, 2.45) is 0 Å². The van der Waals surface area contributed by atoms with Gasteiger partial charge in [0.15, 0.2) is 0 Å². The molecule has 1 aromatic heterocycles. The minimum Gasteiger partial charge on any atom is -0.450 e. The second-order valence-corrected chi connectivity index (χ2v) is 6.50. The smallest absolute Gasteiger partial charge is 0.409 e. The maximum Gasteiger partial charge on any atom is 0.409 e. The summed E-state index contributed by atoms with van der Waals surface area (Å²) in [5.41, 5.74) is 0.614. The van der Waals surface area contributed by atoms with Crippen LogP contribution in [0.4, 0.5) is 10.6 Å². The predicted molar refractivity (Wildman–Crippen MR) is 101 cm³/mol. The van der Waals surface area contributed by atoms with Gasteiger partial charge >= 0.3 is 6.09 Å². The van der Waals surface area contributed by atoms with Crippen LogP contribution >= 0.6 is 0 Å². The third kappa shape index (κ3) is 6.20. The van der Waals surface area contributed by atoms with Gasteiger partial charge in [0.2, 0.25) is 0 Å². The molecule has 0 spiro atoms. The van der Waals surface area contributed by atoms with E-state index in [1.54, 1.807) is 23.2 Å². The number of amides is 2. The van der Waals surface area contributed by atoms with Gasteiger partial charge in [0.1, 0.15) is 5.82 Å². The van der Waals surface area contributed by atoms with E-state index in [9.17, 15) is 9.59 Å². The van der Waals surface area contributed by atoms with E-state index in [-0.39, 0.29) is 18.0 Å². The zero-order valence-corrected chi connectivity index (χ0v) is 15.8. The highest BCUT2D eigenvalue weighted by molar-refractivity contribution is 5.94. The molecule has 0 unspecified atom stereocenters. The second-order valence-electron chi connectivity index (χ2n) is 6.50. The van der Waals surface area contributed by atoms with Gasteiger partial charge in [-0.05, 0) is 38.3 Å². The van der Waals surface area contributed by atoms with Crippen LogP contribution in [0.25, 0.3) is 0 Å². The predicted octanol–water partition coefficient (Wildman–Crippen LogP) is 3.03. The first-order valence-electron chi connectivity index (χ1n) is 9.56. The number of likely N-dealkylation sites (tertiary alicyclic amines) is 1. The lowest BCUT2D eigenvalue weighted by Crippen LogP contribution is -2.42. The first-order chi connectivity index (χ1) is 12.6. The Balaban J connectivity index is 1.81. The van der Waals surface area contributed by atoms with E-state index < -0.39 is 0 Å². The highest BCUT2D eigenvalue weighted by Gasteiger charge is 2.23. The van der Waals surface area contributed by atoms with Crippen LogP contribution in [0, 0.1) is 0 Å². The number of piperidine rings is 1. The zero-order chi connectivity index (χ0) is 18.8. The molecule has 0 bridgehead atoms. The van der Waals surface area contributed by atoms with Gasteiger partial charge in [-0.3, -0.25) is 4.79 Å². The lowest BCUT2D eigenvalue weighted by atomic mass is 10.1. The van der Waals surface area contributed by atoms with Crippen molar-refractivity contribution in [2.75, 3.05) is 31.6 Å². The molecule has 1 aliphatic rings. The summed E-state index contributed by atoms with van der Waals surface area (Å²) in [6.45, 7) is 6.37. The molecule has 7 heteroatoms. The molecule has 2 rings (SSSR count). The van der Waals surface area contributed by atoms with Gasteiger partial charge in [0.25, 0.3) is 5.91 Å². The molecule has 0 saturated carbocycles. The fourth-order valence-corrected chi connectivity index (χ4v) is 2.96. The number of ether oxygens (including phenoxy) is 1. The number of nitrogens with one attached hydrogen (secondary N) is 2. The molecule has 144 valence electrons. The van der Waals surface area contributed by atoms with E-state index in [4.69, 9.17) is 4.74 Å². The second kappa shape index (κ2) is 10.6. The number of pyridine rings is 1. The van der Waals surface area contributed by atoms with E-state index in [0.717, 1.165) is 32.1 Å². The summed E-state index contributed by atoms with van der Waals surface area (Å²) in [7, 11) is 0. The van der Waals surface area contributed by atoms with Crippen LogP contribution in [-0.4, -0.2) is 54.2 Å². The molecule has 1 aromatic rings. The van der Waals surface area contributed by atoms with Crippen LogP contribution in [0.5, 0.6) is 0 Å². The highest BCUT2D eigenvalue weighted by Crippen LogP contribution is 2.16. The van der Waals surface area contributed by atoms with Crippen LogP contribution in [0.15, 0.2) is 18.3 Å². The number of hydrogen-bond donors (Lipinski definition) is 2. The largest absolute Gasteiger partial charge is 0.450 e. The number of nitrogens with zero attached hydrogens (tertiary/aromatic N) is 2. The van der Waals surface area contributed by atoms with E-state index in [1.807, 2.05) is 6.92 Å². The minimum absolute atomic E-state index is 0.0660. The Labute approximate surface area is 155 Å². The molecule has 26 heavy (non-hydrogen) atoms. The average Bonchev–Trinajstić information content (AvgIpc) is 2.66. The van der Waals surface area contributed by atoms with Gasteiger partial charge in [0, 0.05) is 37.4 Å². The monoisotopic (exact) mass is 362 g/mol. The minimum atomic E-state index is -0.245. The topological polar surface area (TPSA) is 83.6 Å². The van der Waals surface area contributed by atoms with E-state index in [1.165, 1.54) is 0 Å². The van der Waals surface area contributed by atoms with Gasteiger partial charge in [-0.15, -0.1) is 0 Å². The number of aromatic nitrogens is 1. The van der Waals surface area contributed by atoms with Crippen molar-refractivity contribution in [2.45, 2.75) is 52.0 Å². The number of unbranched alkanes of at least 4 members (excludes halogenated alkanes) is 2. The summed E-state index contributed by atoms with van der Waals surface area (Å²) < 4.78 is 5.03. The van der Waals surface area contributed by atoms with Crippen LogP contribution < -0.4 is 10.6 Å². The maximum atomic E-state index is 12.2. The Morgan fingerprint density at radius 3 is 2.73 bits per heavy atom. The Kier molecular flexibility index (Phi) is 8.18. The Bertz CT molecular complexity index is 586. The van der Waals surface area contributed by atoms with Crippen molar-refractivity contribution in [3.05, 3.63) is 23.9 Å². The van der Waals surface area contributed by atoms with Crippen LogP contribution in [-0.2, 0) is 4.74 Å². The molecular weight excluding hydrogens is 332 g/mol. The third-order valence-corrected chi connectivity index (χ3v) is 4.46. The highest BCUT2D eigenvalue weighted by atomic mass is 16.6. The average molecular weight is 362 g/mol. The molecular formula is C19H30N4O3. The molecule has 1 aliphatic heterocycles. The molecule has 1 fully saturated rings. The third-order valence-electron chi connectivity index (χ3n) is 4.46. The summed E-state index contributed by atoms with van der Waals surface area (Å²) in [6.07, 6.45) is 6.31. The number of anilines is 1. The summed E-state index contributed by atoms with van der Waals surface area (Å²) >= 11 is 0. The van der Waals surface area contributed by atoms with Crippen molar-refractivity contribution < 1.29 is 14.3 Å². The van der Waals surface area contributed by atoms with Crippen molar-refractivity contribution in [3.63, 3.8) is 0 Å². The van der Waals surface area contributed by atoms with Gasteiger partial charge in [-0.2, -0.15) is 0 Å². The SMILES string of the molecule is CCCCCNC(=O)c1ccnc(NC2CCN(C(=O)OCC)CC2)c1. The van der Waals surface area contributed by atoms with Crippen molar-refractivity contribution >= 4 is 17.8 Å². The van der Waals surface area contributed by atoms with Crippen LogP contribution in [0.3, 0.4) is 0 Å². The van der Waals surface area contributed by atoms with Crippen LogP contribution in [0.1, 0.15) is 56.3 Å². The van der Waals surface area contributed by atoms with E-state index >= 15 is 0 Å². The molecule has 0 atom stereocenters. The number of hydrogen-bond acceptors (Lipinski definition) is 5. The number of carbonyl (C=O) groups is 2. The lowest BCUT2D eigenvalue weighted by molar-refractivity contribution is 0.0950. The lowest BCUT2D eigenvalue weighted by Gasteiger charge is -2.31. The first kappa shape index (κ1) is 20.0. The fourth-order valence-electron chi connectivity index (χ4n) is 2.96. The summed E-state index contributed by atoms with van der Waals surface area (Å²) in [6, 6.07) is 3.74. The molecule has 1 saturated heterocycles.